The van der Waals surface area contributed by atoms with Gasteiger partial charge in [-0.05, 0) is 18.7 Å². The zero-order valence-electron chi connectivity index (χ0n) is 4.90. The molecule has 2 amide bonds. The number of amides is 2. The molecule has 9 heavy (non-hydrogen) atoms. The summed E-state index contributed by atoms with van der Waals surface area (Å²) in [5.41, 5.74) is 7.71. The van der Waals surface area contributed by atoms with Crippen LogP contribution in [0.4, 0.5) is 4.79 Å². The van der Waals surface area contributed by atoms with E-state index in [9.17, 15) is 4.79 Å². The predicted molar refractivity (Wildman–Crippen MR) is 32.5 cm³/mol. The average molecular weight is 126 g/mol. The average Bonchev–Trinajstić information content (AvgIpc) is 1.85. The lowest BCUT2D eigenvalue weighted by molar-refractivity contribution is 0.252. The van der Waals surface area contributed by atoms with Gasteiger partial charge in [-0.15, -0.1) is 0 Å². The van der Waals surface area contributed by atoms with Gasteiger partial charge in [0.05, 0.1) is 0 Å². The molecule has 0 spiro atoms. The minimum absolute atomic E-state index is 0.699. The molecule has 0 aromatic rings. The van der Waals surface area contributed by atoms with Crippen molar-refractivity contribution in [3.8, 4) is 0 Å². The van der Waals surface area contributed by atoms with Gasteiger partial charge in [0.1, 0.15) is 0 Å². The normalized spacial score (nSPS) is 8.56. The van der Waals surface area contributed by atoms with Crippen LogP contribution in [0.15, 0.2) is 17.4 Å². The monoisotopic (exact) mass is 126 g/mol. The van der Waals surface area contributed by atoms with Crippen LogP contribution in [-0.4, -0.2) is 6.03 Å². The molecule has 0 saturated carbocycles. The molecule has 5 heteroatoms. The van der Waals surface area contributed by atoms with E-state index in [2.05, 4.69) is 15.3 Å². The second kappa shape index (κ2) is 4.67. The number of nitrogens with one attached hydrogen (secondary N) is 1. The summed E-state index contributed by atoms with van der Waals surface area (Å²) in [7, 11) is 0. The molecule has 0 saturated heterocycles. The molecule has 0 rings (SSSR count). The summed E-state index contributed by atoms with van der Waals surface area (Å²) in [6, 6.07) is -0.699. The van der Waals surface area contributed by atoms with Crippen LogP contribution in [0, 0.1) is 0 Å². The van der Waals surface area contributed by atoms with Crippen LogP contribution in [0.25, 0.3) is 10.4 Å². The van der Waals surface area contributed by atoms with E-state index < -0.39 is 6.03 Å². The molecule has 0 atom stereocenters. The molecule has 48 valence electrons. The molecule has 0 fully saturated rings. The molecule has 0 aromatic carbocycles. The highest BCUT2D eigenvalue weighted by Gasteiger charge is 1.86. The zero-order chi connectivity index (χ0) is 7.11. The largest absolute Gasteiger partial charge is 0.327 e. The molecule has 0 heterocycles. The quantitative estimate of drug-likeness (QED) is 0.323. The van der Waals surface area contributed by atoms with Crippen molar-refractivity contribution in [2.24, 2.45) is 5.11 Å². The number of urea groups is 1. The Morgan fingerprint density at radius 3 is 3.00 bits per heavy atom. The van der Waals surface area contributed by atoms with Gasteiger partial charge in [0.25, 0.3) is 0 Å². The second-order valence-electron chi connectivity index (χ2n) is 1.14. The summed E-state index contributed by atoms with van der Waals surface area (Å²) in [6.45, 7) is 1.73. The number of carbonyl (C=O) groups is 1. The maximum atomic E-state index is 10.2. The van der Waals surface area contributed by atoms with Crippen molar-refractivity contribution in [1.29, 1.82) is 0 Å². The first kappa shape index (κ1) is 7.52. The lowest BCUT2D eigenvalue weighted by Gasteiger charge is -1.85. The highest BCUT2D eigenvalue weighted by molar-refractivity contribution is 5.75. The Morgan fingerprint density at radius 1 is 1.89 bits per heavy atom. The van der Waals surface area contributed by atoms with Crippen molar-refractivity contribution >= 4 is 6.03 Å². The first-order valence-electron chi connectivity index (χ1n) is 2.28. The zero-order valence-corrected chi connectivity index (χ0v) is 4.90. The number of hydrogen-bond acceptors (Lipinski definition) is 1. The second-order valence-corrected chi connectivity index (χ2v) is 1.14. The Labute approximate surface area is 52.0 Å². The van der Waals surface area contributed by atoms with Crippen molar-refractivity contribution in [3.05, 3.63) is 22.7 Å². The summed E-state index contributed by atoms with van der Waals surface area (Å²) in [5.74, 6) is 0. The minimum atomic E-state index is -0.699. The van der Waals surface area contributed by atoms with Gasteiger partial charge in [0.2, 0.25) is 0 Å². The highest BCUT2D eigenvalue weighted by atomic mass is 16.2. The molecule has 0 aliphatic heterocycles. The number of allylic oxidation sites excluding steroid dienone is 1. The molecule has 0 radical (unpaired) electrons. The smallest absolute Gasteiger partial charge is 0.312 e. The van der Waals surface area contributed by atoms with Crippen molar-refractivity contribution in [2.75, 3.05) is 0 Å². The van der Waals surface area contributed by atoms with Crippen LogP contribution in [0.5, 0.6) is 0 Å². The Balaban J connectivity index is 3.64. The first-order chi connectivity index (χ1) is 4.31. The predicted octanol–water partition coefficient (Wildman–Crippen LogP) is 1.54. The third-order valence-electron chi connectivity index (χ3n) is 0.509. The van der Waals surface area contributed by atoms with E-state index in [4.69, 9.17) is 5.53 Å². The van der Waals surface area contributed by atoms with E-state index in [0.717, 1.165) is 0 Å². The van der Waals surface area contributed by atoms with Crippen LogP contribution in [0.2, 0.25) is 0 Å². The maximum absolute atomic E-state index is 10.2. The molecule has 0 bridgehead atoms. The van der Waals surface area contributed by atoms with E-state index >= 15 is 0 Å². The number of rotatable bonds is 1. The summed E-state index contributed by atoms with van der Waals surface area (Å²) in [4.78, 5) is 12.5. The number of nitrogens with zero attached hydrogens (tertiary/aromatic N) is 3. The summed E-state index contributed by atoms with van der Waals surface area (Å²) < 4.78 is 0. The standard InChI is InChI=1S/C4H6N4O/c1-2-3-6-4(9)7-8-5/h2-3H,1H3,(H,6,9). The van der Waals surface area contributed by atoms with Crippen molar-refractivity contribution in [1.82, 2.24) is 5.32 Å². The summed E-state index contributed by atoms with van der Waals surface area (Å²) in [6.07, 6.45) is 3.00. The first-order valence-corrected chi connectivity index (χ1v) is 2.28. The van der Waals surface area contributed by atoms with Gasteiger partial charge < -0.3 is 5.32 Å². The minimum Gasteiger partial charge on any atom is -0.327 e. The van der Waals surface area contributed by atoms with Gasteiger partial charge in [0.15, 0.2) is 0 Å². The molecular weight excluding hydrogens is 120 g/mol. The van der Waals surface area contributed by atoms with Gasteiger partial charge in [-0.1, -0.05) is 6.08 Å². The SMILES string of the molecule is CC=CNC(=O)N=[N+]=[N-]. The molecule has 0 aliphatic carbocycles. The Bertz CT molecular complexity index is 167. The van der Waals surface area contributed by atoms with Crippen molar-refractivity contribution in [2.45, 2.75) is 6.92 Å². The topological polar surface area (TPSA) is 77.9 Å². The molecule has 0 aromatic heterocycles. The van der Waals surface area contributed by atoms with Gasteiger partial charge in [-0.25, -0.2) is 0 Å². The fourth-order valence-corrected chi connectivity index (χ4v) is 0.224. The van der Waals surface area contributed by atoms with Crippen molar-refractivity contribution in [3.63, 3.8) is 0 Å². The molecule has 0 aliphatic rings. The van der Waals surface area contributed by atoms with Gasteiger partial charge >= 0.3 is 6.03 Å². The van der Waals surface area contributed by atoms with Crippen LogP contribution >= 0.6 is 0 Å². The van der Waals surface area contributed by atoms with E-state index in [0.29, 0.717) is 0 Å². The van der Waals surface area contributed by atoms with Crippen molar-refractivity contribution < 1.29 is 4.79 Å². The summed E-state index contributed by atoms with van der Waals surface area (Å²) >= 11 is 0. The fraction of sp³-hybridized carbons (Fsp3) is 0.250. The number of hydrogen-bond donors (Lipinski definition) is 1. The van der Waals surface area contributed by atoms with E-state index in [1.807, 2.05) is 0 Å². The highest BCUT2D eigenvalue weighted by Crippen LogP contribution is 1.73. The van der Waals surface area contributed by atoms with E-state index in [-0.39, 0.29) is 0 Å². The van der Waals surface area contributed by atoms with Gasteiger partial charge in [-0.2, -0.15) is 0 Å². The van der Waals surface area contributed by atoms with Crippen LogP contribution in [0.3, 0.4) is 0 Å². The Hall–Kier alpha value is -1.48. The Kier molecular flexibility index (Phi) is 3.90. The van der Waals surface area contributed by atoms with E-state index in [1.54, 1.807) is 13.0 Å². The molecule has 0 unspecified atom stereocenters. The molecule has 1 N–H and O–H groups in total. The fourth-order valence-electron chi connectivity index (χ4n) is 0.224. The van der Waals surface area contributed by atoms with Gasteiger partial charge in [0, 0.05) is 10.0 Å². The lowest BCUT2D eigenvalue weighted by Crippen LogP contribution is -2.10. The maximum Gasteiger partial charge on any atom is 0.312 e. The van der Waals surface area contributed by atoms with Crippen LogP contribution < -0.4 is 5.32 Å². The van der Waals surface area contributed by atoms with Crippen LogP contribution in [0.1, 0.15) is 6.92 Å². The van der Waals surface area contributed by atoms with E-state index in [1.165, 1.54) is 6.20 Å². The third kappa shape index (κ3) is 4.37. The van der Waals surface area contributed by atoms with Gasteiger partial charge in [-0.3, -0.25) is 4.79 Å². The van der Waals surface area contributed by atoms with Crippen LogP contribution in [-0.2, 0) is 0 Å². The molecular formula is C4H6N4O. The number of carbonyl (C=O) groups excluding carboxylic acids is 1. The number of azide groups is 1. The Morgan fingerprint density at radius 2 is 2.56 bits per heavy atom. The summed E-state index contributed by atoms with van der Waals surface area (Å²) in [5, 5.41) is 4.93. The third-order valence-corrected chi connectivity index (χ3v) is 0.509. The lowest BCUT2D eigenvalue weighted by atomic mass is 10.7. The molecule has 5 nitrogen and oxygen atoms in total.